The second-order valence-electron chi connectivity index (χ2n) is 2.08. The fraction of sp³-hybridized carbons (Fsp3) is 0.333. The molecule has 0 bridgehead atoms. The van der Waals surface area contributed by atoms with Gasteiger partial charge in [0, 0.05) is 6.07 Å². The molecule has 2 N–H and O–H groups in total. The maximum absolute atomic E-state index is 12.4. The molecule has 78 valence electrons. The summed E-state index contributed by atoms with van der Waals surface area (Å²) in [6.07, 6.45) is 0.905. The number of methoxy groups -OCH3 is 1. The first kappa shape index (κ1) is 12.3. The van der Waals surface area contributed by atoms with Gasteiger partial charge in [-0.3, -0.25) is 0 Å². The van der Waals surface area contributed by atoms with E-state index in [4.69, 9.17) is 5.73 Å². The molecular formula is C9H13FN2O2. The minimum absolute atomic E-state index is 0.0261. The summed E-state index contributed by atoms with van der Waals surface area (Å²) in [5.41, 5.74) is 5.20. The molecular weight excluding hydrogens is 187 g/mol. The highest BCUT2D eigenvalue weighted by atomic mass is 19.1. The topological polar surface area (TPSA) is 65.2 Å². The lowest BCUT2D eigenvalue weighted by molar-refractivity contribution is 0.0595. The first-order valence-corrected chi connectivity index (χ1v) is 4.14. The Kier molecular flexibility index (Phi) is 5.21. The summed E-state index contributed by atoms with van der Waals surface area (Å²) >= 11 is 0. The molecule has 0 aliphatic heterocycles. The van der Waals surface area contributed by atoms with Gasteiger partial charge >= 0.3 is 5.97 Å². The first-order chi connectivity index (χ1) is 6.65. The predicted octanol–water partition coefficient (Wildman–Crippen LogP) is 1.62. The van der Waals surface area contributed by atoms with Crippen molar-refractivity contribution in [3.8, 4) is 0 Å². The molecule has 1 aromatic heterocycles. The van der Waals surface area contributed by atoms with Crippen LogP contribution in [0.25, 0.3) is 0 Å². The SMILES string of the molecule is CC.COC(=O)c1ncc(F)cc1N. The largest absolute Gasteiger partial charge is 0.464 e. The van der Waals surface area contributed by atoms with Crippen molar-refractivity contribution in [3.05, 3.63) is 23.8 Å². The normalized spacial score (nSPS) is 8.57. The highest BCUT2D eigenvalue weighted by molar-refractivity contribution is 5.92. The Bertz CT molecular complexity index is 316. The zero-order valence-electron chi connectivity index (χ0n) is 8.37. The van der Waals surface area contributed by atoms with Crippen LogP contribution >= 0.6 is 0 Å². The van der Waals surface area contributed by atoms with Crippen LogP contribution in [0.1, 0.15) is 24.3 Å². The number of rotatable bonds is 1. The van der Waals surface area contributed by atoms with Crippen LogP contribution in [-0.4, -0.2) is 18.1 Å². The molecule has 0 aromatic carbocycles. The second-order valence-corrected chi connectivity index (χ2v) is 2.08. The molecule has 1 aromatic rings. The number of nitrogens with two attached hydrogens (primary N) is 1. The number of carbonyl (C=O) groups is 1. The molecule has 1 rings (SSSR count). The van der Waals surface area contributed by atoms with E-state index in [0.29, 0.717) is 0 Å². The molecule has 0 aliphatic rings. The van der Waals surface area contributed by atoms with Crippen LogP contribution < -0.4 is 5.73 Å². The minimum atomic E-state index is -0.674. The molecule has 0 atom stereocenters. The summed E-state index contributed by atoms with van der Waals surface area (Å²) in [5.74, 6) is -1.26. The number of pyridine rings is 1. The number of ether oxygens (including phenoxy) is 1. The number of nitrogens with zero attached hydrogens (tertiary/aromatic N) is 1. The number of hydrogen-bond acceptors (Lipinski definition) is 4. The Balaban J connectivity index is 0.000000791. The fourth-order valence-corrected chi connectivity index (χ4v) is 0.722. The lowest BCUT2D eigenvalue weighted by Crippen LogP contribution is -2.08. The van der Waals surface area contributed by atoms with Crippen molar-refractivity contribution in [2.75, 3.05) is 12.8 Å². The average molecular weight is 200 g/mol. The van der Waals surface area contributed by atoms with E-state index in [1.54, 1.807) is 0 Å². The molecule has 1 heterocycles. The summed E-state index contributed by atoms with van der Waals surface area (Å²) in [5, 5.41) is 0. The first-order valence-electron chi connectivity index (χ1n) is 4.14. The van der Waals surface area contributed by atoms with Gasteiger partial charge < -0.3 is 10.5 Å². The van der Waals surface area contributed by atoms with Crippen LogP contribution in [0.5, 0.6) is 0 Å². The van der Waals surface area contributed by atoms with Crippen molar-refractivity contribution in [2.45, 2.75) is 13.8 Å². The van der Waals surface area contributed by atoms with E-state index in [2.05, 4.69) is 9.72 Å². The van der Waals surface area contributed by atoms with E-state index in [0.717, 1.165) is 12.3 Å². The summed E-state index contributed by atoms with van der Waals surface area (Å²) < 4.78 is 16.8. The molecule has 0 saturated carbocycles. The van der Waals surface area contributed by atoms with Crippen molar-refractivity contribution >= 4 is 11.7 Å². The average Bonchev–Trinajstić information content (AvgIpc) is 2.20. The van der Waals surface area contributed by atoms with Crippen molar-refractivity contribution in [3.63, 3.8) is 0 Å². The van der Waals surface area contributed by atoms with E-state index >= 15 is 0 Å². The maximum Gasteiger partial charge on any atom is 0.358 e. The number of esters is 1. The lowest BCUT2D eigenvalue weighted by Gasteiger charge is -2.00. The number of nitrogen functional groups attached to an aromatic ring is 1. The number of hydrogen-bond donors (Lipinski definition) is 1. The quantitative estimate of drug-likeness (QED) is 0.699. The molecule has 5 heteroatoms. The van der Waals surface area contributed by atoms with Crippen molar-refractivity contribution in [2.24, 2.45) is 0 Å². The van der Waals surface area contributed by atoms with Gasteiger partial charge in [0.2, 0.25) is 0 Å². The van der Waals surface area contributed by atoms with Gasteiger partial charge in [0.25, 0.3) is 0 Å². The third kappa shape index (κ3) is 3.01. The third-order valence-electron chi connectivity index (χ3n) is 1.26. The molecule has 0 unspecified atom stereocenters. The van der Waals surface area contributed by atoms with Crippen LogP contribution in [0.15, 0.2) is 12.3 Å². The fourth-order valence-electron chi connectivity index (χ4n) is 0.722. The van der Waals surface area contributed by atoms with Crippen LogP contribution in [0.2, 0.25) is 0 Å². The Hall–Kier alpha value is -1.65. The van der Waals surface area contributed by atoms with Crippen LogP contribution in [-0.2, 0) is 4.74 Å². The van der Waals surface area contributed by atoms with Crippen molar-refractivity contribution in [1.82, 2.24) is 4.98 Å². The van der Waals surface area contributed by atoms with Gasteiger partial charge in [-0.25, -0.2) is 14.2 Å². The molecule has 4 nitrogen and oxygen atoms in total. The van der Waals surface area contributed by atoms with Gasteiger partial charge in [0.1, 0.15) is 5.82 Å². The summed E-state index contributed by atoms with van der Waals surface area (Å²) in [4.78, 5) is 14.3. The van der Waals surface area contributed by atoms with E-state index in [1.807, 2.05) is 13.8 Å². The van der Waals surface area contributed by atoms with E-state index in [9.17, 15) is 9.18 Å². The van der Waals surface area contributed by atoms with Crippen molar-refractivity contribution < 1.29 is 13.9 Å². The van der Waals surface area contributed by atoms with Crippen LogP contribution in [0.3, 0.4) is 0 Å². The summed E-state index contributed by atoms with van der Waals surface area (Å²) in [6.45, 7) is 4.00. The number of carbonyl (C=O) groups excluding carboxylic acids is 1. The Labute approximate surface area is 81.9 Å². The number of halogens is 1. The molecule has 0 amide bonds. The maximum atomic E-state index is 12.4. The highest BCUT2D eigenvalue weighted by Gasteiger charge is 2.11. The second kappa shape index (κ2) is 5.90. The molecule has 0 spiro atoms. The lowest BCUT2D eigenvalue weighted by atomic mass is 10.3. The Morgan fingerprint density at radius 1 is 1.57 bits per heavy atom. The van der Waals surface area contributed by atoms with Crippen molar-refractivity contribution in [1.29, 1.82) is 0 Å². The van der Waals surface area contributed by atoms with Gasteiger partial charge in [-0.1, -0.05) is 13.8 Å². The zero-order valence-corrected chi connectivity index (χ0v) is 8.37. The van der Waals surface area contributed by atoms with Gasteiger partial charge in [-0.2, -0.15) is 0 Å². The van der Waals surface area contributed by atoms with Crippen LogP contribution in [0.4, 0.5) is 10.1 Å². The van der Waals surface area contributed by atoms with E-state index < -0.39 is 11.8 Å². The summed E-state index contributed by atoms with van der Waals surface area (Å²) in [6, 6.07) is 1.01. The molecule has 0 fully saturated rings. The standard InChI is InChI=1S/C7H7FN2O2.C2H6/c1-12-7(11)6-5(9)2-4(8)3-10-6;1-2/h2-3H,9H2,1H3;1-2H3. The predicted molar refractivity (Wildman–Crippen MR) is 51.3 cm³/mol. The van der Waals surface area contributed by atoms with Gasteiger partial charge in [-0.05, 0) is 0 Å². The van der Waals surface area contributed by atoms with Gasteiger partial charge in [0.05, 0.1) is 19.0 Å². The van der Waals surface area contributed by atoms with E-state index in [1.165, 1.54) is 7.11 Å². The zero-order chi connectivity index (χ0) is 11.1. The molecule has 0 saturated heterocycles. The number of aromatic nitrogens is 1. The molecule has 14 heavy (non-hydrogen) atoms. The van der Waals surface area contributed by atoms with E-state index in [-0.39, 0.29) is 11.4 Å². The summed E-state index contributed by atoms with van der Waals surface area (Å²) in [7, 11) is 1.20. The molecule has 0 aliphatic carbocycles. The smallest absolute Gasteiger partial charge is 0.358 e. The molecule has 0 radical (unpaired) electrons. The Morgan fingerprint density at radius 3 is 2.57 bits per heavy atom. The monoisotopic (exact) mass is 200 g/mol. The van der Waals surface area contributed by atoms with Gasteiger partial charge in [0.15, 0.2) is 5.69 Å². The minimum Gasteiger partial charge on any atom is -0.464 e. The highest BCUT2D eigenvalue weighted by Crippen LogP contribution is 2.10. The number of anilines is 1. The van der Waals surface area contributed by atoms with Crippen LogP contribution in [0, 0.1) is 5.82 Å². The third-order valence-corrected chi connectivity index (χ3v) is 1.26. The van der Waals surface area contributed by atoms with Gasteiger partial charge in [-0.15, -0.1) is 0 Å². The Morgan fingerprint density at radius 2 is 2.14 bits per heavy atom.